The van der Waals surface area contributed by atoms with Crippen LogP contribution in [-0.4, -0.2) is 46.8 Å². The lowest BCUT2D eigenvalue weighted by Crippen LogP contribution is -2.40. The number of rotatable bonds is 6. The normalized spacial score (nSPS) is 20.0. The molecule has 1 aliphatic rings. The van der Waals surface area contributed by atoms with Crippen molar-refractivity contribution < 1.29 is 9.18 Å². The van der Waals surface area contributed by atoms with Gasteiger partial charge in [-0.3, -0.25) is 9.48 Å². The molecule has 0 aliphatic carbocycles. The first-order chi connectivity index (χ1) is 14.4. The lowest BCUT2D eigenvalue weighted by molar-refractivity contribution is 0.0951. The summed E-state index contributed by atoms with van der Waals surface area (Å²) in [6.07, 6.45) is 2.25. The van der Waals surface area contributed by atoms with Gasteiger partial charge in [-0.2, -0.15) is 5.10 Å². The molecule has 1 aliphatic heterocycles. The fourth-order valence-electron chi connectivity index (χ4n) is 4.57. The Morgan fingerprint density at radius 2 is 2.00 bits per heavy atom. The minimum absolute atomic E-state index is 0.0731. The number of carbonyl (C=O) groups excluding carboxylic acids is 1. The third kappa shape index (κ3) is 4.42. The highest BCUT2D eigenvalue weighted by Gasteiger charge is 2.22. The topological polar surface area (TPSA) is 50.2 Å². The number of carbonyl (C=O) groups is 1. The third-order valence-corrected chi connectivity index (χ3v) is 6.95. The Bertz CT molecular complexity index is 1030. The molecule has 1 fully saturated rings. The molecule has 30 heavy (non-hydrogen) atoms. The third-order valence-electron chi connectivity index (χ3n) is 5.75. The Morgan fingerprint density at radius 1 is 1.27 bits per heavy atom. The second kappa shape index (κ2) is 8.86. The van der Waals surface area contributed by atoms with Gasteiger partial charge >= 0.3 is 0 Å². The van der Waals surface area contributed by atoms with Gasteiger partial charge in [-0.1, -0.05) is 26.0 Å². The highest BCUT2D eigenvalue weighted by atomic mass is 32.1. The summed E-state index contributed by atoms with van der Waals surface area (Å²) in [6.45, 7) is 8.61. The molecule has 2 atom stereocenters. The molecule has 1 saturated heterocycles. The van der Waals surface area contributed by atoms with E-state index in [9.17, 15) is 9.18 Å². The Morgan fingerprint density at radius 3 is 2.73 bits per heavy atom. The maximum atomic E-state index is 14.3. The van der Waals surface area contributed by atoms with E-state index in [2.05, 4.69) is 29.2 Å². The zero-order valence-electron chi connectivity index (χ0n) is 17.8. The van der Waals surface area contributed by atoms with E-state index >= 15 is 0 Å². The number of fused-ring (bicyclic) bond motifs is 1. The maximum absolute atomic E-state index is 14.3. The van der Waals surface area contributed by atoms with Crippen LogP contribution in [0, 0.1) is 17.7 Å². The minimum Gasteiger partial charge on any atom is -0.351 e. The smallest absolute Gasteiger partial charge is 0.261 e. The summed E-state index contributed by atoms with van der Waals surface area (Å²) >= 11 is 1.40. The second-order valence-electron chi connectivity index (χ2n) is 8.60. The van der Waals surface area contributed by atoms with Crippen LogP contribution in [0.15, 0.2) is 30.3 Å². The van der Waals surface area contributed by atoms with Gasteiger partial charge in [-0.15, -0.1) is 11.3 Å². The second-order valence-corrected chi connectivity index (χ2v) is 9.63. The van der Waals surface area contributed by atoms with Crippen LogP contribution in [0.5, 0.6) is 0 Å². The number of benzene rings is 1. The Labute approximate surface area is 180 Å². The van der Waals surface area contributed by atoms with Crippen LogP contribution in [0.2, 0.25) is 0 Å². The van der Waals surface area contributed by atoms with E-state index in [-0.39, 0.29) is 11.7 Å². The van der Waals surface area contributed by atoms with E-state index in [1.165, 1.54) is 23.8 Å². The molecule has 1 aromatic carbocycles. The minimum atomic E-state index is -0.309. The van der Waals surface area contributed by atoms with Gasteiger partial charge in [0, 0.05) is 37.6 Å². The summed E-state index contributed by atoms with van der Waals surface area (Å²) in [6, 6.07) is 8.44. The van der Waals surface area contributed by atoms with Gasteiger partial charge in [0.15, 0.2) is 0 Å². The molecule has 0 radical (unpaired) electrons. The summed E-state index contributed by atoms with van der Waals surface area (Å²) < 4.78 is 16.0. The van der Waals surface area contributed by atoms with Gasteiger partial charge in [0.1, 0.15) is 16.3 Å². The van der Waals surface area contributed by atoms with Crippen molar-refractivity contribution in [2.24, 2.45) is 18.9 Å². The summed E-state index contributed by atoms with van der Waals surface area (Å²) in [4.78, 5) is 16.7. The Balaban J connectivity index is 1.39. The van der Waals surface area contributed by atoms with Gasteiger partial charge in [-0.05, 0) is 49.4 Å². The standard InChI is InChI=1S/C23H29FN4OS/c1-15-11-16(2)14-28(13-15)10-6-9-25-22(29)20-12-18-21(26-27(3)23(18)30-20)17-7-4-5-8-19(17)24/h4-5,7-8,12,15-16H,6,9-11,13-14H2,1-3H3,(H,25,29). The van der Waals surface area contributed by atoms with Crippen molar-refractivity contribution in [3.8, 4) is 11.3 Å². The highest BCUT2D eigenvalue weighted by Crippen LogP contribution is 2.34. The van der Waals surface area contributed by atoms with Crippen molar-refractivity contribution in [3.63, 3.8) is 0 Å². The Kier molecular flexibility index (Phi) is 6.20. The molecule has 2 unspecified atom stereocenters. The van der Waals surface area contributed by atoms with Gasteiger partial charge in [0.05, 0.1) is 4.88 Å². The van der Waals surface area contributed by atoms with Crippen molar-refractivity contribution in [1.82, 2.24) is 20.0 Å². The monoisotopic (exact) mass is 428 g/mol. The van der Waals surface area contributed by atoms with E-state index < -0.39 is 0 Å². The fraction of sp³-hybridized carbons (Fsp3) is 0.478. The zero-order valence-corrected chi connectivity index (χ0v) is 18.6. The number of aryl methyl sites for hydroxylation is 1. The van der Waals surface area contributed by atoms with E-state index in [4.69, 9.17) is 0 Å². The number of thiophene rings is 1. The molecule has 0 spiro atoms. The number of hydrogen-bond acceptors (Lipinski definition) is 4. The van der Waals surface area contributed by atoms with Crippen molar-refractivity contribution in [2.75, 3.05) is 26.2 Å². The molecule has 3 aromatic rings. The van der Waals surface area contributed by atoms with E-state index in [0.717, 1.165) is 48.1 Å². The van der Waals surface area contributed by atoms with Gasteiger partial charge in [0.25, 0.3) is 5.91 Å². The van der Waals surface area contributed by atoms with Crippen molar-refractivity contribution in [3.05, 3.63) is 41.0 Å². The predicted molar refractivity (Wildman–Crippen MR) is 120 cm³/mol. The lowest BCUT2D eigenvalue weighted by Gasteiger charge is -2.34. The summed E-state index contributed by atoms with van der Waals surface area (Å²) in [5, 5.41) is 8.33. The predicted octanol–water partition coefficient (Wildman–Crippen LogP) is 4.54. The van der Waals surface area contributed by atoms with Gasteiger partial charge in [-0.25, -0.2) is 4.39 Å². The lowest BCUT2D eigenvalue weighted by atomic mass is 9.92. The summed E-state index contributed by atoms with van der Waals surface area (Å²) in [5.41, 5.74) is 1.03. The number of nitrogens with one attached hydrogen (secondary N) is 1. The quantitative estimate of drug-likeness (QED) is 0.587. The van der Waals surface area contributed by atoms with Crippen molar-refractivity contribution in [2.45, 2.75) is 26.7 Å². The van der Waals surface area contributed by atoms with Crippen LogP contribution in [0.1, 0.15) is 36.4 Å². The summed E-state index contributed by atoms with van der Waals surface area (Å²) in [7, 11) is 1.82. The molecule has 1 amide bonds. The number of hydrogen-bond donors (Lipinski definition) is 1. The SMILES string of the molecule is CC1CC(C)CN(CCCNC(=O)c2cc3c(-c4ccccc4F)nn(C)c3s2)C1. The maximum Gasteiger partial charge on any atom is 0.261 e. The van der Waals surface area contributed by atoms with Crippen molar-refractivity contribution in [1.29, 1.82) is 0 Å². The zero-order chi connectivity index (χ0) is 21.3. The first-order valence-electron chi connectivity index (χ1n) is 10.6. The first kappa shape index (κ1) is 21.0. The van der Waals surface area contributed by atoms with E-state index in [1.807, 2.05) is 13.1 Å². The molecule has 7 heteroatoms. The molecule has 4 rings (SSSR count). The van der Waals surface area contributed by atoms with Crippen LogP contribution < -0.4 is 5.32 Å². The van der Waals surface area contributed by atoms with E-state index in [1.54, 1.807) is 22.9 Å². The molecular formula is C23H29FN4OS. The highest BCUT2D eigenvalue weighted by molar-refractivity contribution is 7.20. The largest absolute Gasteiger partial charge is 0.351 e. The molecule has 1 N–H and O–H groups in total. The van der Waals surface area contributed by atoms with Crippen LogP contribution in [-0.2, 0) is 7.05 Å². The number of amides is 1. The molecule has 0 bridgehead atoms. The van der Waals surface area contributed by atoms with Gasteiger partial charge < -0.3 is 10.2 Å². The number of likely N-dealkylation sites (tertiary alicyclic amines) is 1. The average molecular weight is 429 g/mol. The van der Waals surface area contributed by atoms with E-state index in [0.29, 0.717) is 22.7 Å². The molecule has 5 nitrogen and oxygen atoms in total. The number of aromatic nitrogens is 2. The molecule has 2 aromatic heterocycles. The molecule has 3 heterocycles. The Hall–Kier alpha value is -2.25. The number of nitrogens with zero attached hydrogens (tertiary/aromatic N) is 3. The first-order valence-corrected chi connectivity index (χ1v) is 11.5. The molecular weight excluding hydrogens is 399 g/mol. The number of piperidine rings is 1. The van der Waals surface area contributed by atoms with Crippen LogP contribution in [0.25, 0.3) is 21.5 Å². The van der Waals surface area contributed by atoms with Crippen LogP contribution in [0.3, 0.4) is 0 Å². The molecule has 0 saturated carbocycles. The molecule has 160 valence electrons. The van der Waals surface area contributed by atoms with Crippen molar-refractivity contribution >= 4 is 27.5 Å². The van der Waals surface area contributed by atoms with Crippen LogP contribution in [0.4, 0.5) is 4.39 Å². The summed E-state index contributed by atoms with van der Waals surface area (Å²) in [5.74, 6) is 1.12. The fourth-order valence-corrected chi connectivity index (χ4v) is 5.56. The van der Waals surface area contributed by atoms with Gasteiger partial charge in [0.2, 0.25) is 0 Å². The number of halogens is 1. The average Bonchev–Trinajstić information content (AvgIpc) is 3.26. The van der Waals surface area contributed by atoms with Crippen LogP contribution >= 0.6 is 11.3 Å².